The summed E-state index contributed by atoms with van der Waals surface area (Å²) in [6.45, 7) is 8.62. The first-order valence-electron chi connectivity index (χ1n) is 13.2. The average Bonchev–Trinajstić information content (AvgIpc) is 2.96. The van der Waals surface area contributed by atoms with Gasteiger partial charge in [-0.25, -0.2) is 13.8 Å². The van der Waals surface area contributed by atoms with E-state index in [4.69, 9.17) is 14.7 Å². The quantitative estimate of drug-likeness (QED) is 0.361. The van der Waals surface area contributed by atoms with Crippen LogP contribution in [0.15, 0.2) is 42.5 Å². The van der Waals surface area contributed by atoms with Crippen LogP contribution < -0.4 is 4.31 Å². The molecule has 0 aromatic heterocycles. The van der Waals surface area contributed by atoms with Crippen molar-refractivity contribution in [2.24, 2.45) is 0 Å². The summed E-state index contributed by atoms with van der Waals surface area (Å²) in [5.41, 5.74) is 1.31. The Bertz CT molecular complexity index is 1500. The monoisotopic (exact) mass is 581 g/mol. The second kappa shape index (κ2) is 12.6. The number of hydrogen-bond donors (Lipinski definition) is 0. The predicted molar refractivity (Wildman–Crippen MR) is 154 cm³/mol. The minimum absolute atomic E-state index is 0.0123. The fourth-order valence-corrected chi connectivity index (χ4v) is 6.25. The standard InChI is InChI=1S/C30H35N3O7S/c1-20-7-10-25(27(35)32-15-13-24(14-16-32)23-11-8-22(18-31)9-12-23)17-26(20)33(29(37)40-30(3,4)5)41(38,19-34)21(2)28(36)39-6/h7-12,17,21,24H,13-16H2,1-6H3. The topological polar surface area (TPSA) is 134 Å². The fraction of sp³-hybridized carbons (Fsp3) is 0.433. The highest BCUT2D eigenvalue weighted by Crippen LogP contribution is 2.32. The van der Waals surface area contributed by atoms with Gasteiger partial charge in [0.05, 0.1) is 24.4 Å². The highest BCUT2D eigenvalue weighted by atomic mass is 32.2. The van der Waals surface area contributed by atoms with Crippen LogP contribution in [0.3, 0.4) is 0 Å². The number of carbonyl (C=O) groups excluding carboxylic acids is 4. The van der Waals surface area contributed by atoms with Crippen molar-refractivity contribution in [1.82, 2.24) is 4.90 Å². The number of ether oxygens (including phenoxy) is 2. The fourth-order valence-electron chi connectivity index (χ4n) is 4.61. The van der Waals surface area contributed by atoms with Crippen LogP contribution in [0.2, 0.25) is 0 Å². The van der Waals surface area contributed by atoms with Crippen LogP contribution in [0, 0.1) is 18.3 Å². The van der Waals surface area contributed by atoms with Gasteiger partial charge in [0.1, 0.15) is 5.60 Å². The van der Waals surface area contributed by atoms with Crippen molar-refractivity contribution in [3.8, 4) is 6.07 Å². The minimum atomic E-state index is -4.18. The molecule has 2 unspecified atom stereocenters. The Morgan fingerprint density at radius 1 is 1.10 bits per heavy atom. The number of hydrogen-bond acceptors (Lipinski definition) is 8. The van der Waals surface area contributed by atoms with Gasteiger partial charge in [0.2, 0.25) is 5.23 Å². The first-order valence-corrected chi connectivity index (χ1v) is 14.8. The lowest BCUT2D eigenvalue weighted by Gasteiger charge is -2.33. The molecule has 11 heteroatoms. The number of nitrogens with zero attached hydrogens (tertiary/aromatic N) is 3. The van der Waals surface area contributed by atoms with Gasteiger partial charge in [-0.05, 0) is 88.8 Å². The summed E-state index contributed by atoms with van der Waals surface area (Å²) in [4.78, 5) is 53.2. The van der Waals surface area contributed by atoms with E-state index >= 15 is 0 Å². The maximum atomic E-state index is 14.0. The Kier molecular flexibility index (Phi) is 9.64. The molecule has 0 aliphatic carbocycles. The molecule has 2 atom stereocenters. The molecule has 3 rings (SSSR count). The Balaban J connectivity index is 1.95. The van der Waals surface area contributed by atoms with Gasteiger partial charge >= 0.3 is 12.1 Å². The maximum Gasteiger partial charge on any atom is 0.427 e. The number of amides is 2. The molecule has 2 aromatic rings. The van der Waals surface area contributed by atoms with E-state index in [1.165, 1.54) is 18.2 Å². The van der Waals surface area contributed by atoms with E-state index in [9.17, 15) is 23.4 Å². The third-order valence-electron chi connectivity index (χ3n) is 6.93. The van der Waals surface area contributed by atoms with Gasteiger partial charge in [-0.1, -0.05) is 18.2 Å². The summed E-state index contributed by atoms with van der Waals surface area (Å²) in [5.74, 6) is -1.02. The lowest BCUT2D eigenvalue weighted by molar-refractivity contribution is -0.139. The number of rotatable bonds is 6. The molecule has 1 saturated heterocycles. The number of aryl methyl sites for hydroxylation is 1. The van der Waals surface area contributed by atoms with Crippen molar-refractivity contribution in [2.75, 3.05) is 24.5 Å². The third-order valence-corrected chi connectivity index (χ3v) is 9.21. The van der Waals surface area contributed by atoms with Crippen LogP contribution in [0.5, 0.6) is 0 Å². The molecule has 10 nitrogen and oxygen atoms in total. The second-order valence-electron chi connectivity index (χ2n) is 10.9. The van der Waals surface area contributed by atoms with E-state index in [0.717, 1.165) is 25.5 Å². The van der Waals surface area contributed by atoms with Gasteiger partial charge in [-0.3, -0.25) is 9.59 Å². The third kappa shape index (κ3) is 6.96. The van der Waals surface area contributed by atoms with E-state index in [1.807, 2.05) is 12.1 Å². The summed E-state index contributed by atoms with van der Waals surface area (Å²) in [6, 6.07) is 14.1. The zero-order chi connectivity index (χ0) is 30.5. The number of methoxy groups -OCH3 is 1. The molecular weight excluding hydrogens is 546 g/mol. The smallest absolute Gasteiger partial charge is 0.427 e. The lowest BCUT2D eigenvalue weighted by Crippen LogP contribution is -2.47. The number of nitriles is 1. The SMILES string of the molecule is COC(=O)C(C)S(=O)(=C=O)N(C(=O)OC(C)(C)C)c1cc(C(=O)N2CCC(c3ccc(C#N)cc3)CC2)ccc1C. The Hall–Kier alpha value is -4.13. The molecule has 218 valence electrons. The predicted octanol–water partition coefficient (Wildman–Crippen LogP) is 4.46. The zero-order valence-corrected chi connectivity index (χ0v) is 24.9. The maximum absolute atomic E-state index is 14.0. The normalized spacial score (nSPS) is 16.0. The average molecular weight is 582 g/mol. The minimum Gasteiger partial charge on any atom is -0.468 e. The highest BCUT2D eigenvalue weighted by molar-refractivity contribution is 8.03. The molecule has 0 bridgehead atoms. The highest BCUT2D eigenvalue weighted by Gasteiger charge is 2.40. The Morgan fingerprint density at radius 2 is 1.71 bits per heavy atom. The molecule has 0 saturated carbocycles. The van der Waals surface area contributed by atoms with Gasteiger partial charge in [0.15, 0.2) is 15.0 Å². The molecule has 2 amide bonds. The number of likely N-dealkylation sites (tertiary alicyclic amines) is 1. The van der Waals surface area contributed by atoms with Crippen LogP contribution in [0.1, 0.15) is 73.5 Å². The van der Waals surface area contributed by atoms with Gasteiger partial charge in [0.25, 0.3) is 5.91 Å². The molecule has 1 aliphatic heterocycles. The van der Waals surface area contributed by atoms with Crippen molar-refractivity contribution in [1.29, 1.82) is 5.26 Å². The molecule has 2 aromatic carbocycles. The van der Waals surface area contributed by atoms with Crippen LogP contribution in [0.4, 0.5) is 10.5 Å². The number of benzene rings is 2. The van der Waals surface area contributed by atoms with Gasteiger partial charge in [0, 0.05) is 18.7 Å². The van der Waals surface area contributed by atoms with E-state index in [1.54, 1.807) is 56.9 Å². The first kappa shape index (κ1) is 31.4. The number of carbonyl (C=O) groups is 3. The van der Waals surface area contributed by atoms with E-state index in [-0.39, 0.29) is 23.1 Å². The van der Waals surface area contributed by atoms with E-state index in [0.29, 0.717) is 28.5 Å². The van der Waals surface area contributed by atoms with Gasteiger partial charge < -0.3 is 14.4 Å². The summed E-state index contributed by atoms with van der Waals surface area (Å²) >= 11 is 0. The molecule has 1 heterocycles. The summed E-state index contributed by atoms with van der Waals surface area (Å²) in [7, 11) is -3.10. The number of esters is 1. The molecule has 0 spiro atoms. The molecular formula is C30H35N3O7S. The Labute approximate surface area is 241 Å². The first-order chi connectivity index (χ1) is 19.2. The molecule has 41 heavy (non-hydrogen) atoms. The Morgan fingerprint density at radius 3 is 2.22 bits per heavy atom. The summed E-state index contributed by atoms with van der Waals surface area (Å²) < 4.78 is 24.8. The largest absolute Gasteiger partial charge is 0.468 e. The number of piperidine rings is 1. The van der Waals surface area contributed by atoms with Crippen LogP contribution in [-0.4, -0.2) is 63.4 Å². The van der Waals surface area contributed by atoms with Crippen LogP contribution in [-0.2, 0) is 28.8 Å². The molecule has 1 aliphatic rings. The van der Waals surface area contributed by atoms with Gasteiger partial charge in [-0.2, -0.15) is 9.57 Å². The van der Waals surface area contributed by atoms with E-state index in [2.05, 4.69) is 6.07 Å². The second-order valence-corrected chi connectivity index (χ2v) is 13.3. The van der Waals surface area contributed by atoms with Crippen molar-refractivity contribution < 1.29 is 32.9 Å². The molecule has 0 N–H and O–H groups in total. The lowest BCUT2D eigenvalue weighted by atomic mass is 9.89. The number of anilines is 1. The summed E-state index contributed by atoms with van der Waals surface area (Å²) in [6.07, 6.45) is 0.327. The van der Waals surface area contributed by atoms with E-state index < -0.39 is 32.6 Å². The van der Waals surface area contributed by atoms with Crippen molar-refractivity contribution >= 4 is 38.6 Å². The molecule has 0 radical (unpaired) electrons. The van der Waals surface area contributed by atoms with Crippen molar-refractivity contribution in [3.05, 3.63) is 64.7 Å². The van der Waals surface area contributed by atoms with Gasteiger partial charge in [-0.15, -0.1) is 0 Å². The zero-order valence-electron chi connectivity index (χ0n) is 24.1. The van der Waals surface area contributed by atoms with Crippen LogP contribution >= 0.6 is 0 Å². The molecule has 1 fully saturated rings. The van der Waals surface area contributed by atoms with Crippen LogP contribution in [0.25, 0.3) is 0 Å². The summed E-state index contributed by atoms with van der Waals surface area (Å²) in [5, 5.41) is 8.89. The van der Waals surface area contributed by atoms with Crippen molar-refractivity contribution in [3.63, 3.8) is 0 Å². The van der Waals surface area contributed by atoms with Crippen molar-refractivity contribution in [2.45, 2.75) is 64.2 Å².